The first-order valence-corrected chi connectivity index (χ1v) is 17.4. The van der Waals surface area contributed by atoms with Crippen LogP contribution in [0, 0.1) is 25.7 Å². The predicted octanol–water partition coefficient (Wildman–Crippen LogP) is 8.06. The van der Waals surface area contributed by atoms with Crippen LogP contribution in [0.3, 0.4) is 0 Å². The summed E-state index contributed by atoms with van der Waals surface area (Å²) in [6.07, 6.45) is -0.413. The molecule has 2 amide bonds. The number of hydrogen-bond donors (Lipinski definition) is 0. The number of carbonyl (C=O) groups excluding carboxylic acids is 4. The fourth-order valence-corrected chi connectivity index (χ4v) is 8.92. The third-order valence-corrected chi connectivity index (χ3v) is 10.8. The molecule has 8 rings (SSSR count). The second-order valence-corrected chi connectivity index (χ2v) is 14.1. The smallest absolute Gasteiger partial charge is 0.340 e. The third kappa shape index (κ3) is 4.42. The molecule has 252 valence electrons. The Balaban J connectivity index is 1.51. The van der Waals surface area contributed by atoms with Crippen molar-refractivity contribution in [1.82, 2.24) is 0 Å². The lowest BCUT2D eigenvalue weighted by atomic mass is 9.59. The highest BCUT2D eigenvalue weighted by molar-refractivity contribution is 6.39. The molecule has 6 heteroatoms. The molecule has 4 atom stereocenters. The Kier molecular flexibility index (Phi) is 7.53. The van der Waals surface area contributed by atoms with Crippen LogP contribution >= 0.6 is 0 Å². The van der Waals surface area contributed by atoms with Crippen molar-refractivity contribution in [3.63, 3.8) is 0 Å². The normalized spacial score (nSPS) is 23.7. The van der Waals surface area contributed by atoms with Crippen LogP contribution in [0.2, 0.25) is 0 Å². The van der Waals surface area contributed by atoms with E-state index in [0.29, 0.717) is 11.1 Å². The van der Waals surface area contributed by atoms with E-state index in [1.54, 1.807) is 38.1 Å². The van der Waals surface area contributed by atoms with Crippen molar-refractivity contribution < 1.29 is 23.9 Å². The monoisotopic (exact) mass is 671 g/mol. The summed E-state index contributed by atoms with van der Waals surface area (Å²) in [6, 6.07) is 41.6. The number of benzene rings is 5. The highest BCUT2D eigenvalue weighted by Gasteiger charge is 2.82. The molecule has 3 aliphatic rings. The molecule has 5 aromatic carbocycles. The van der Waals surface area contributed by atoms with E-state index in [9.17, 15) is 4.79 Å². The van der Waals surface area contributed by atoms with Crippen LogP contribution in [-0.2, 0) is 30.0 Å². The number of esters is 1. The van der Waals surface area contributed by atoms with E-state index in [4.69, 9.17) is 4.74 Å². The molecule has 2 aliphatic carbocycles. The lowest BCUT2D eigenvalue weighted by molar-refractivity contribution is -0.130. The van der Waals surface area contributed by atoms with Crippen molar-refractivity contribution >= 4 is 40.4 Å². The minimum Gasteiger partial charge on any atom is -0.459 e. The van der Waals surface area contributed by atoms with Crippen molar-refractivity contribution in [3.05, 3.63) is 172 Å². The van der Waals surface area contributed by atoms with Gasteiger partial charge in [-0.25, -0.2) is 9.69 Å². The van der Waals surface area contributed by atoms with Crippen LogP contribution in [-0.4, -0.2) is 29.7 Å². The highest BCUT2D eigenvalue weighted by atomic mass is 16.5. The summed E-state index contributed by atoms with van der Waals surface area (Å²) in [5.74, 6) is -4.05. The quantitative estimate of drug-likeness (QED) is 0.129. The van der Waals surface area contributed by atoms with E-state index in [-0.39, 0.29) is 17.0 Å². The molecule has 0 spiro atoms. The van der Waals surface area contributed by atoms with Crippen molar-refractivity contribution in [2.45, 2.75) is 44.6 Å². The topological polar surface area (TPSA) is 80.8 Å². The van der Waals surface area contributed by atoms with E-state index in [1.807, 2.05) is 123 Å². The first-order chi connectivity index (χ1) is 24.6. The number of anilines is 1. The summed E-state index contributed by atoms with van der Waals surface area (Å²) in [4.78, 5) is 61.5. The van der Waals surface area contributed by atoms with Gasteiger partial charge in [-0.2, -0.15) is 0 Å². The molecule has 51 heavy (non-hydrogen) atoms. The van der Waals surface area contributed by atoms with Gasteiger partial charge < -0.3 is 4.74 Å². The molecule has 2 fully saturated rings. The van der Waals surface area contributed by atoms with Crippen molar-refractivity contribution in [2.24, 2.45) is 11.8 Å². The predicted molar refractivity (Wildman–Crippen MR) is 197 cm³/mol. The molecule has 0 aromatic heterocycles. The Morgan fingerprint density at radius 1 is 0.588 bits per heavy atom. The van der Waals surface area contributed by atoms with E-state index in [1.165, 1.54) is 0 Å². The maximum Gasteiger partial charge on any atom is 0.340 e. The summed E-state index contributed by atoms with van der Waals surface area (Å²) >= 11 is 0. The summed E-state index contributed by atoms with van der Waals surface area (Å²) in [7, 11) is 0. The number of carbonyl (C=O) groups is 4. The number of allylic oxidation sites excluding steroid dienone is 2. The molecule has 0 radical (unpaired) electrons. The Morgan fingerprint density at radius 3 is 1.43 bits per heavy atom. The second-order valence-electron chi connectivity index (χ2n) is 14.1. The number of imide groups is 1. The van der Waals surface area contributed by atoms with Gasteiger partial charge in [0.15, 0.2) is 5.78 Å². The molecule has 1 aliphatic heterocycles. The van der Waals surface area contributed by atoms with E-state index < -0.39 is 46.6 Å². The summed E-state index contributed by atoms with van der Waals surface area (Å²) in [5.41, 5.74) is 3.67. The highest BCUT2D eigenvalue weighted by Crippen LogP contribution is 2.74. The maximum absolute atomic E-state index is 16.1. The zero-order valence-electron chi connectivity index (χ0n) is 28.9. The van der Waals surface area contributed by atoms with Crippen LogP contribution in [0.15, 0.2) is 133 Å². The third-order valence-electron chi connectivity index (χ3n) is 10.8. The Morgan fingerprint density at radius 2 is 1.00 bits per heavy atom. The minimum atomic E-state index is -1.54. The van der Waals surface area contributed by atoms with Gasteiger partial charge in [-0.3, -0.25) is 14.4 Å². The van der Waals surface area contributed by atoms with Crippen molar-refractivity contribution in [3.8, 4) is 0 Å². The summed E-state index contributed by atoms with van der Waals surface area (Å²) in [6.45, 7) is 7.52. The van der Waals surface area contributed by atoms with Crippen LogP contribution in [0.4, 0.5) is 5.69 Å². The Hall–Kier alpha value is -5.88. The van der Waals surface area contributed by atoms with Crippen LogP contribution in [0.1, 0.15) is 57.6 Å². The van der Waals surface area contributed by atoms with Crippen LogP contribution in [0.25, 0.3) is 11.1 Å². The number of ketones is 1. The Labute approximate surface area is 297 Å². The number of amides is 2. The minimum absolute atomic E-state index is 0.111. The van der Waals surface area contributed by atoms with Gasteiger partial charge in [-0.1, -0.05) is 132 Å². The van der Waals surface area contributed by atoms with Gasteiger partial charge in [-0.05, 0) is 73.2 Å². The number of fused-ring (bicyclic) bond motifs is 5. The molecule has 1 heterocycles. The first kappa shape index (κ1) is 32.3. The maximum atomic E-state index is 16.1. The van der Waals surface area contributed by atoms with Gasteiger partial charge in [0.25, 0.3) is 0 Å². The summed E-state index contributed by atoms with van der Waals surface area (Å²) in [5, 5.41) is 0. The molecule has 6 nitrogen and oxygen atoms in total. The molecular formula is C45H37NO5. The van der Waals surface area contributed by atoms with Gasteiger partial charge in [0.05, 0.1) is 40.0 Å². The average molecular weight is 672 g/mol. The number of ether oxygens (including phenoxy) is 1. The molecule has 5 aromatic rings. The zero-order valence-corrected chi connectivity index (χ0v) is 28.9. The largest absolute Gasteiger partial charge is 0.459 e. The molecule has 0 unspecified atom stereocenters. The number of nitrogens with zero attached hydrogens (tertiary/aromatic N) is 1. The number of para-hydroxylation sites is 1. The van der Waals surface area contributed by atoms with Gasteiger partial charge in [0.2, 0.25) is 11.8 Å². The van der Waals surface area contributed by atoms with Gasteiger partial charge in [0, 0.05) is 0 Å². The van der Waals surface area contributed by atoms with Crippen molar-refractivity contribution in [1.29, 1.82) is 0 Å². The van der Waals surface area contributed by atoms with Gasteiger partial charge >= 0.3 is 5.97 Å². The zero-order chi connectivity index (χ0) is 35.7. The standard InChI is InChI=1S/C45H37NO5/c1-27(2)51-42(49)34-17-11-12-18-35(34)46-40(47)38-39(41(46)48)45(33-15-9-6-10-16-33)37(31-25-21-29(4)22-26-31)36(30-23-19-28(3)20-24-30)44(38,43(45)50)32-13-7-5-8-14-32/h5-27,38-39H,1-4H3/t38-,39-,44-,45-/m1/s1. The summed E-state index contributed by atoms with van der Waals surface area (Å²) < 4.78 is 5.57. The second kappa shape index (κ2) is 11.9. The number of hydrogen-bond acceptors (Lipinski definition) is 5. The molecule has 1 saturated carbocycles. The number of rotatable bonds is 7. The van der Waals surface area contributed by atoms with Crippen LogP contribution in [0.5, 0.6) is 0 Å². The van der Waals surface area contributed by atoms with Gasteiger partial charge in [0.1, 0.15) is 0 Å². The van der Waals surface area contributed by atoms with Crippen LogP contribution < -0.4 is 4.90 Å². The lowest BCUT2D eigenvalue weighted by Crippen LogP contribution is -2.46. The van der Waals surface area contributed by atoms with E-state index in [0.717, 1.165) is 38.3 Å². The first-order valence-electron chi connectivity index (χ1n) is 17.4. The average Bonchev–Trinajstić information content (AvgIpc) is 3.65. The fourth-order valence-electron chi connectivity index (χ4n) is 8.92. The molecular weight excluding hydrogens is 634 g/mol. The lowest BCUT2D eigenvalue weighted by Gasteiger charge is -2.39. The number of aryl methyl sites for hydroxylation is 2. The SMILES string of the molecule is Cc1ccc(C2=C(c3ccc(C)cc3)[C@@]3(c4ccccc4)C(=O)[C@@]2(c2ccccc2)[C@H]2C(=O)N(c4ccccc4C(=O)OC(C)C)C(=O)[C@@H]23)cc1. The Bertz CT molecular complexity index is 2130. The van der Waals surface area contributed by atoms with E-state index >= 15 is 14.4 Å². The van der Waals surface area contributed by atoms with Crippen molar-refractivity contribution in [2.75, 3.05) is 4.90 Å². The molecule has 0 N–H and O–H groups in total. The number of Topliss-reactive ketones (excluding diaryl/α,β-unsaturated/α-hetero) is 1. The molecule has 1 saturated heterocycles. The van der Waals surface area contributed by atoms with E-state index in [2.05, 4.69) is 0 Å². The fraction of sp³-hybridized carbons (Fsp3) is 0.200. The molecule has 2 bridgehead atoms. The van der Waals surface area contributed by atoms with Gasteiger partial charge in [-0.15, -0.1) is 0 Å².